The van der Waals surface area contributed by atoms with Gasteiger partial charge in [0.2, 0.25) is 0 Å². The fourth-order valence-corrected chi connectivity index (χ4v) is 3.63. The molecule has 1 aliphatic rings. The molecule has 2 aromatic carbocycles. The highest BCUT2D eigenvalue weighted by atomic mass is 16.2. The van der Waals surface area contributed by atoms with Gasteiger partial charge in [0.15, 0.2) is 5.82 Å². The van der Waals surface area contributed by atoms with E-state index in [0.29, 0.717) is 18.8 Å². The van der Waals surface area contributed by atoms with Gasteiger partial charge in [-0.15, -0.1) is 5.10 Å². The van der Waals surface area contributed by atoms with Crippen molar-refractivity contribution in [1.82, 2.24) is 25.5 Å². The summed E-state index contributed by atoms with van der Waals surface area (Å²) in [5, 5.41) is 14.2. The largest absolute Gasteiger partial charge is 0.342 e. The predicted molar refractivity (Wildman–Crippen MR) is 117 cm³/mol. The van der Waals surface area contributed by atoms with Crippen LogP contribution in [0.4, 0.5) is 0 Å². The summed E-state index contributed by atoms with van der Waals surface area (Å²) < 4.78 is 0. The summed E-state index contributed by atoms with van der Waals surface area (Å²) in [7, 11) is 0. The van der Waals surface area contributed by atoms with Gasteiger partial charge in [-0.3, -0.25) is 4.79 Å². The smallest absolute Gasteiger partial charge is 0.272 e. The average molecular weight is 400 g/mol. The third-order valence-electron chi connectivity index (χ3n) is 5.42. The van der Waals surface area contributed by atoms with Gasteiger partial charge in [-0.2, -0.15) is 4.99 Å². The van der Waals surface area contributed by atoms with Crippen LogP contribution in [0.3, 0.4) is 0 Å². The zero-order valence-electron chi connectivity index (χ0n) is 17.3. The van der Waals surface area contributed by atoms with E-state index in [1.165, 1.54) is 0 Å². The van der Waals surface area contributed by atoms with E-state index < -0.39 is 5.54 Å². The van der Waals surface area contributed by atoms with E-state index in [4.69, 9.17) is 0 Å². The van der Waals surface area contributed by atoms with Gasteiger partial charge in [-0.05, 0) is 47.9 Å². The van der Waals surface area contributed by atoms with Crippen molar-refractivity contribution in [1.29, 1.82) is 0 Å². The first kappa shape index (κ1) is 19.7. The van der Waals surface area contributed by atoms with Crippen molar-refractivity contribution in [3.8, 4) is 22.5 Å². The molecule has 0 radical (unpaired) electrons. The van der Waals surface area contributed by atoms with Crippen molar-refractivity contribution < 1.29 is 4.79 Å². The summed E-state index contributed by atoms with van der Waals surface area (Å²) in [5.41, 5.74) is 3.56. The van der Waals surface area contributed by atoms with Crippen LogP contribution >= 0.6 is 0 Å². The number of nitrogens with zero attached hydrogens (tertiary/aromatic N) is 5. The van der Waals surface area contributed by atoms with Gasteiger partial charge in [0, 0.05) is 18.5 Å². The van der Waals surface area contributed by atoms with Crippen LogP contribution in [0.15, 0.2) is 65.7 Å². The Morgan fingerprint density at radius 2 is 1.80 bits per heavy atom. The quantitative estimate of drug-likeness (QED) is 0.638. The second-order valence-electron chi connectivity index (χ2n) is 7.74. The number of hydrogen-bond donors (Lipinski definition) is 1. The van der Waals surface area contributed by atoms with Gasteiger partial charge in [-0.1, -0.05) is 60.7 Å². The number of carbonyl (C=O) groups is 1. The molecule has 0 spiro atoms. The number of amidine groups is 1. The molecule has 7 heteroatoms. The molecule has 1 N–H and O–H groups in total. The molecule has 0 saturated carbocycles. The van der Waals surface area contributed by atoms with Crippen LogP contribution in [0.2, 0.25) is 0 Å². The average Bonchev–Trinajstić information content (AvgIpc) is 3.35. The third-order valence-corrected chi connectivity index (χ3v) is 5.42. The molecule has 1 amide bonds. The van der Waals surface area contributed by atoms with Crippen LogP contribution in [0.25, 0.3) is 22.5 Å². The maximum absolute atomic E-state index is 12.4. The van der Waals surface area contributed by atoms with Crippen molar-refractivity contribution in [3.63, 3.8) is 0 Å². The lowest BCUT2D eigenvalue weighted by atomic mass is 9.97. The Morgan fingerprint density at radius 1 is 1.07 bits per heavy atom. The minimum Gasteiger partial charge on any atom is -0.342 e. The van der Waals surface area contributed by atoms with Gasteiger partial charge in [0.05, 0.1) is 0 Å². The highest BCUT2D eigenvalue weighted by Crippen LogP contribution is 2.30. The van der Waals surface area contributed by atoms with E-state index in [1.54, 1.807) is 0 Å². The SMILES string of the molecule is CC=CCN1C(Cc2ccc(-c3ccccc3-c3nnn[nH]3)cc2)=NC(=O)C1(C)C. The standard InChI is InChI=1S/C23H24N6O/c1-4-5-14-29-20(24-22(30)23(29,2)3)15-16-10-12-17(13-11-16)18-8-6-7-9-19(18)21-25-27-28-26-21/h4-13H,14-15H2,1-3H3,(H,25,26,27,28). The molecular formula is C23H24N6O. The first-order valence-corrected chi connectivity index (χ1v) is 9.94. The number of carbonyl (C=O) groups excluding carboxylic acids is 1. The maximum atomic E-state index is 12.4. The molecule has 7 nitrogen and oxygen atoms in total. The first-order valence-electron chi connectivity index (χ1n) is 9.94. The van der Waals surface area contributed by atoms with Gasteiger partial charge in [0.1, 0.15) is 11.4 Å². The summed E-state index contributed by atoms with van der Waals surface area (Å²) in [4.78, 5) is 18.8. The molecule has 4 rings (SSSR count). The fourth-order valence-electron chi connectivity index (χ4n) is 3.63. The molecule has 152 valence electrons. The number of amides is 1. The predicted octanol–water partition coefficient (Wildman–Crippen LogP) is 3.67. The van der Waals surface area contributed by atoms with Crippen LogP contribution < -0.4 is 0 Å². The number of hydrogen-bond acceptors (Lipinski definition) is 5. The van der Waals surface area contributed by atoms with E-state index in [2.05, 4.69) is 54.8 Å². The van der Waals surface area contributed by atoms with Crippen molar-refractivity contribution in [3.05, 3.63) is 66.2 Å². The number of tetrazole rings is 1. The molecular weight excluding hydrogens is 376 g/mol. The minimum atomic E-state index is -0.612. The summed E-state index contributed by atoms with van der Waals surface area (Å²) in [6.07, 6.45) is 4.65. The molecule has 30 heavy (non-hydrogen) atoms. The zero-order chi connectivity index (χ0) is 21.1. The van der Waals surface area contributed by atoms with E-state index in [1.807, 2.05) is 57.2 Å². The van der Waals surface area contributed by atoms with Crippen LogP contribution in [-0.4, -0.2) is 49.4 Å². The van der Waals surface area contributed by atoms with Gasteiger partial charge in [-0.25, -0.2) is 5.10 Å². The fraction of sp³-hybridized carbons (Fsp3) is 0.261. The van der Waals surface area contributed by atoms with Gasteiger partial charge < -0.3 is 4.90 Å². The van der Waals surface area contributed by atoms with Crippen molar-refractivity contribution in [2.75, 3.05) is 6.54 Å². The molecule has 1 aromatic heterocycles. The molecule has 0 aliphatic carbocycles. The van der Waals surface area contributed by atoms with Crippen molar-refractivity contribution in [2.45, 2.75) is 32.7 Å². The zero-order valence-corrected chi connectivity index (χ0v) is 17.3. The highest BCUT2D eigenvalue weighted by Gasteiger charge is 2.41. The number of H-pyrrole nitrogens is 1. The normalized spacial score (nSPS) is 15.8. The molecule has 3 aromatic rings. The topological polar surface area (TPSA) is 87.1 Å². The van der Waals surface area contributed by atoms with E-state index in [-0.39, 0.29) is 5.91 Å². The number of benzene rings is 2. The van der Waals surface area contributed by atoms with Crippen molar-refractivity contribution >= 4 is 11.7 Å². The monoisotopic (exact) mass is 400 g/mol. The Kier molecular flexibility index (Phi) is 5.27. The number of nitrogens with one attached hydrogen (secondary N) is 1. The lowest BCUT2D eigenvalue weighted by Crippen LogP contribution is -2.47. The Hall–Kier alpha value is -3.61. The van der Waals surface area contributed by atoms with E-state index in [0.717, 1.165) is 28.1 Å². The number of rotatable bonds is 6. The Labute approximate surface area is 175 Å². The molecule has 0 saturated heterocycles. The number of aromatic amines is 1. The lowest BCUT2D eigenvalue weighted by Gasteiger charge is -2.31. The van der Waals surface area contributed by atoms with Crippen LogP contribution in [-0.2, 0) is 11.2 Å². The van der Waals surface area contributed by atoms with Crippen LogP contribution in [0.1, 0.15) is 26.3 Å². The number of aliphatic imine (C=N–C) groups is 1. The second-order valence-corrected chi connectivity index (χ2v) is 7.74. The summed E-state index contributed by atoms with van der Waals surface area (Å²) in [6, 6.07) is 16.3. The van der Waals surface area contributed by atoms with Gasteiger partial charge >= 0.3 is 0 Å². The summed E-state index contributed by atoms with van der Waals surface area (Å²) >= 11 is 0. The number of allylic oxidation sites excluding steroid dienone is 1. The molecule has 2 heterocycles. The lowest BCUT2D eigenvalue weighted by molar-refractivity contribution is -0.123. The summed E-state index contributed by atoms with van der Waals surface area (Å²) in [6.45, 7) is 6.50. The first-order chi connectivity index (χ1) is 14.5. The molecule has 0 fully saturated rings. The van der Waals surface area contributed by atoms with E-state index >= 15 is 0 Å². The van der Waals surface area contributed by atoms with Crippen LogP contribution in [0, 0.1) is 0 Å². The maximum Gasteiger partial charge on any atom is 0.272 e. The van der Waals surface area contributed by atoms with E-state index in [9.17, 15) is 4.79 Å². The Balaban J connectivity index is 1.58. The summed E-state index contributed by atoms with van der Waals surface area (Å²) in [5.74, 6) is 1.35. The highest BCUT2D eigenvalue weighted by molar-refractivity contribution is 6.06. The van der Waals surface area contributed by atoms with Crippen molar-refractivity contribution in [2.24, 2.45) is 4.99 Å². The molecule has 0 unspecified atom stereocenters. The minimum absolute atomic E-state index is 0.0896. The Bertz CT molecular complexity index is 1100. The molecule has 1 aliphatic heterocycles. The molecule has 0 bridgehead atoms. The Morgan fingerprint density at radius 3 is 2.47 bits per heavy atom. The third kappa shape index (κ3) is 3.66. The second kappa shape index (κ2) is 8.02. The number of aromatic nitrogens is 4. The molecule has 0 atom stereocenters. The van der Waals surface area contributed by atoms with Crippen LogP contribution in [0.5, 0.6) is 0 Å². The van der Waals surface area contributed by atoms with Gasteiger partial charge in [0.25, 0.3) is 5.91 Å².